The molecule has 9 nitrogen and oxygen atoms in total. The highest BCUT2D eigenvalue weighted by molar-refractivity contribution is 7.59. The third kappa shape index (κ3) is 3.09. The molecule has 5 aromatic rings. The number of nitriles is 1. The number of aromatic nitrogens is 6. The van der Waals surface area contributed by atoms with Crippen molar-refractivity contribution in [2.24, 2.45) is 5.92 Å². The Morgan fingerprint density at radius 3 is 2.74 bits per heavy atom. The molecule has 1 aromatic carbocycles. The van der Waals surface area contributed by atoms with Crippen LogP contribution in [0, 0.1) is 17.2 Å². The summed E-state index contributed by atoms with van der Waals surface area (Å²) in [5, 5.41) is 15.4. The van der Waals surface area contributed by atoms with E-state index in [2.05, 4.69) is 32.8 Å². The van der Waals surface area contributed by atoms with E-state index < -0.39 is 0 Å². The summed E-state index contributed by atoms with van der Waals surface area (Å²) in [7, 11) is 0. The summed E-state index contributed by atoms with van der Waals surface area (Å²) in [6.07, 6.45) is 4.80. The van der Waals surface area contributed by atoms with Crippen LogP contribution in [-0.2, 0) is 0 Å². The van der Waals surface area contributed by atoms with E-state index in [4.69, 9.17) is 16.7 Å². The van der Waals surface area contributed by atoms with Gasteiger partial charge in [-0.05, 0) is 18.2 Å². The highest BCUT2D eigenvalue weighted by atomic mass is 35.5. The Bertz CT molecular complexity index is 1630. The van der Waals surface area contributed by atoms with Crippen LogP contribution in [0.15, 0.2) is 59.9 Å². The summed E-state index contributed by atoms with van der Waals surface area (Å²) < 4.78 is 3.16. The summed E-state index contributed by atoms with van der Waals surface area (Å²) in [4.78, 5) is 27.5. The number of nitrogens with one attached hydrogen (secondary N) is 1. The molecule has 1 saturated heterocycles. The standard InChI is InChI=1S/C23H17ClN8O.H2S/c1-13-11-30(21-17-14(9-25)10-26-20(17)27-12-28-21)18(13)22-29-31-8-7-16(24)19(31)23(33)32(22)15-5-3-2-4-6-15;/h2-8,10,12-13,18H,11H2,1H3,(H,26,27,28);1H2. The van der Waals surface area contributed by atoms with Crippen molar-refractivity contribution in [3.8, 4) is 11.8 Å². The molecule has 0 spiro atoms. The highest BCUT2D eigenvalue weighted by Crippen LogP contribution is 2.43. The maximum atomic E-state index is 13.6. The largest absolute Gasteiger partial charge is 0.345 e. The van der Waals surface area contributed by atoms with Gasteiger partial charge in [-0.3, -0.25) is 9.36 Å². The number of benzene rings is 1. The number of H-pyrrole nitrogens is 1. The van der Waals surface area contributed by atoms with Crippen molar-refractivity contribution in [2.75, 3.05) is 11.4 Å². The monoisotopic (exact) mass is 490 g/mol. The van der Waals surface area contributed by atoms with E-state index in [1.165, 1.54) is 10.8 Å². The molecular formula is C23H19ClN8OS. The zero-order valence-electron chi connectivity index (χ0n) is 18.0. The van der Waals surface area contributed by atoms with Gasteiger partial charge in [0, 0.05) is 24.9 Å². The van der Waals surface area contributed by atoms with Gasteiger partial charge in [0.1, 0.15) is 29.4 Å². The predicted molar refractivity (Wildman–Crippen MR) is 134 cm³/mol. The smallest absolute Gasteiger partial charge is 0.284 e. The molecule has 1 N–H and O–H groups in total. The number of rotatable bonds is 3. The summed E-state index contributed by atoms with van der Waals surface area (Å²) >= 11 is 6.32. The first-order valence-electron chi connectivity index (χ1n) is 10.4. The average Bonchev–Trinajstić information content (AvgIpc) is 3.41. The molecule has 1 aliphatic rings. The summed E-state index contributed by atoms with van der Waals surface area (Å²) in [5.41, 5.74) is 1.85. The van der Waals surface area contributed by atoms with Crippen LogP contribution in [0.2, 0.25) is 5.02 Å². The fourth-order valence-corrected chi connectivity index (χ4v) is 4.85. The Morgan fingerprint density at radius 2 is 2.00 bits per heavy atom. The molecule has 6 rings (SSSR count). The molecule has 1 aliphatic heterocycles. The Hall–Kier alpha value is -3.81. The molecule has 2 unspecified atom stereocenters. The number of hydrogen-bond acceptors (Lipinski definition) is 6. The van der Waals surface area contributed by atoms with Crippen molar-refractivity contribution in [2.45, 2.75) is 13.0 Å². The van der Waals surface area contributed by atoms with E-state index in [0.29, 0.717) is 51.0 Å². The van der Waals surface area contributed by atoms with Crippen LogP contribution in [0.3, 0.4) is 0 Å². The lowest BCUT2D eigenvalue weighted by molar-refractivity contribution is 0.301. The van der Waals surface area contributed by atoms with Gasteiger partial charge in [-0.25, -0.2) is 14.5 Å². The van der Waals surface area contributed by atoms with Gasteiger partial charge in [0.15, 0.2) is 5.82 Å². The van der Waals surface area contributed by atoms with E-state index in [9.17, 15) is 10.1 Å². The highest BCUT2D eigenvalue weighted by Gasteiger charge is 2.42. The molecule has 4 aromatic heterocycles. The first-order valence-corrected chi connectivity index (χ1v) is 10.8. The molecule has 170 valence electrons. The molecule has 0 aliphatic carbocycles. The van der Waals surface area contributed by atoms with Crippen LogP contribution >= 0.6 is 25.1 Å². The molecule has 2 atom stereocenters. The maximum absolute atomic E-state index is 13.6. The minimum Gasteiger partial charge on any atom is -0.345 e. The van der Waals surface area contributed by atoms with E-state index in [1.807, 2.05) is 30.3 Å². The van der Waals surface area contributed by atoms with Gasteiger partial charge in [0.25, 0.3) is 5.56 Å². The number of halogens is 1. The second-order valence-corrected chi connectivity index (χ2v) is 8.51. The molecule has 5 heterocycles. The SMILES string of the molecule is CC1CN(c2ncnc3[nH]cc(C#N)c23)C1c1nn2ccc(Cl)c2c(=O)n1-c1ccccc1.S. The van der Waals surface area contributed by atoms with Crippen molar-refractivity contribution in [3.63, 3.8) is 0 Å². The van der Waals surface area contributed by atoms with Crippen LogP contribution < -0.4 is 10.5 Å². The minimum atomic E-state index is -0.247. The van der Waals surface area contributed by atoms with Crippen LogP contribution in [0.25, 0.3) is 22.2 Å². The lowest BCUT2D eigenvalue weighted by Crippen LogP contribution is -2.51. The normalized spacial score (nSPS) is 17.4. The zero-order valence-corrected chi connectivity index (χ0v) is 19.7. The van der Waals surface area contributed by atoms with Gasteiger partial charge in [-0.1, -0.05) is 36.7 Å². The number of para-hydroxylation sites is 1. The quantitative estimate of drug-likeness (QED) is 0.414. The summed E-state index contributed by atoms with van der Waals surface area (Å²) in [6.45, 7) is 2.80. The van der Waals surface area contributed by atoms with E-state index in [0.717, 1.165) is 0 Å². The van der Waals surface area contributed by atoms with Gasteiger partial charge in [-0.2, -0.15) is 23.9 Å². The van der Waals surface area contributed by atoms with Crippen molar-refractivity contribution in [1.29, 1.82) is 5.26 Å². The first-order chi connectivity index (χ1) is 16.1. The Morgan fingerprint density at radius 1 is 1.21 bits per heavy atom. The molecule has 34 heavy (non-hydrogen) atoms. The molecule has 11 heteroatoms. The third-order valence-corrected chi connectivity index (χ3v) is 6.45. The lowest BCUT2D eigenvalue weighted by Gasteiger charge is -2.47. The number of hydrogen-bond donors (Lipinski definition) is 1. The number of aromatic amines is 1. The van der Waals surface area contributed by atoms with Gasteiger partial charge in [0.2, 0.25) is 0 Å². The van der Waals surface area contributed by atoms with E-state index >= 15 is 0 Å². The summed E-state index contributed by atoms with van der Waals surface area (Å²) in [6, 6.07) is 13.0. The second-order valence-electron chi connectivity index (χ2n) is 8.10. The van der Waals surface area contributed by atoms with E-state index in [-0.39, 0.29) is 31.0 Å². The minimum absolute atomic E-state index is 0. The fourth-order valence-electron chi connectivity index (χ4n) is 4.62. The van der Waals surface area contributed by atoms with Crippen molar-refractivity contribution in [1.82, 2.24) is 29.1 Å². The third-order valence-electron chi connectivity index (χ3n) is 6.14. The van der Waals surface area contributed by atoms with Crippen molar-refractivity contribution < 1.29 is 0 Å². The van der Waals surface area contributed by atoms with Gasteiger partial charge < -0.3 is 9.88 Å². The Kier molecular flexibility index (Phi) is 5.31. The van der Waals surface area contributed by atoms with Gasteiger partial charge in [0.05, 0.1) is 27.7 Å². The Labute approximate surface area is 205 Å². The molecular weight excluding hydrogens is 472 g/mol. The number of anilines is 1. The number of nitrogens with zero attached hydrogens (tertiary/aromatic N) is 7. The predicted octanol–water partition coefficient (Wildman–Crippen LogP) is 3.59. The Balaban J connectivity index is 0.00000241. The van der Waals surface area contributed by atoms with Gasteiger partial charge in [-0.15, -0.1) is 0 Å². The van der Waals surface area contributed by atoms with Crippen LogP contribution in [0.5, 0.6) is 0 Å². The zero-order chi connectivity index (χ0) is 22.7. The van der Waals surface area contributed by atoms with Gasteiger partial charge >= 0.3 is 0 Å². The first kappa shape index (κ1) is 22.0. The molecule has 0 radical (unpaired) electrons. The molecule has 1 fully saturated rings. The maximum Gasteiger partial charge on any atom is 0.284 e. The van der Waals surface area contributed by atoms with E-state index in [1.54, 1.807) is 23.0 Å². The number of fused-ring (bicyclic) bond motifs is 2. The molecule has 0 bridgehead atoms. The second kappa shape index (κ2) is 8.20. The average molecular weight is 491 g/mol. The lowest BCUT2D eigenvalue weighted by atomic mass is 9.89. The fraction of sp³-hybridized carbons (Fsp3) is 0.174. The summed E-state index contributed by atoms with van der Waals surface area (Å²) in [5.74, 6) is 1.40. The molecule has 0 amide bonds. The van der Waals surface area contributed by atoms with Crippen molar-refractivity contribution >= 4 is 47.5 Å². The van der Waals surface area contributed by atoms with Crippen LogP contribution in [-0.4, -0.2) is 35.7 Å². The van der Waals surface area contributed by atoms with Crippen LogP contribution in [0.1, 0.15) is 24.4 Å². The van der Waals surface area contributed by atoms with Crippen molar-refractivity contribution in [3.05, 3.63) is 81.9 Å². The topological polar surface area (TPSA) is 108 Å². The van der Waals surface area contributed by atoms with Crippen LogP contribution in [0.4, 0.5) is 5.82 Å². The molecule has 0 saturated carbocycles.